The molecule has 0 unspecified atom stereocenters. The van der Waals surface area contributed by atoms with Gasteiger partial charge in [-0.15, -0.1) is 0 Å². The van der Waals surface area contributed by atoms with E-state index in [-0.39, 0.29) is 0 Å². The van der Waals surface area contributed by atoms with Crippen molar-refractivity contribution in [1.82, 2.24) is 9.13 Å². The number of hydrogen-bond donors (Lipinski definition) is 0. The van der Waals surface area contributed by atoms with Crippen molar-refractivity contribution < 1.29 is 0 Å². The van der Waals surface area contributed by atoms with Crippen molar-refractivity contribution >= 4 is 99.3 Å². The van der Waals surface area contributed by atoms with Crippen LogP contribution in [0.3, 0.4) is 0 Å². The number of para-hydroxylation sites is 4. The van der Waals surface area contributed by atoms with Crippen molar-refractivity contribution in [3.63, 3.8) is 0 Å². The molecule has 4 nitrogen and oxygen atoms in total. The summed E-state index contributed by atoms with van der Waals surface area (Å²) >= 11 is 0. The Morgan fingerprint density at radius 3 is 0.958 bits per heavy atom. The zero-order valence-corrected chi connectivity index (χ0v) is 39.3. The molecule has 0 amide bonds. The minimum atomic E-state index is 1.09. The number of nitrogens with zero attached hydrogens (tertiary/aromatic N) is 4. The predicted molar refractivity (Wildman–Crippen MR) is 305 cm³/mol. The molecule has 338 valence electrons. The normalized spacial score (nSPS) is 11.6. The Morgan fingerprint density at radius 1 is 0.222 bits per heavy atom. The van der Waals surface area contributed by atoms with E-state index in [0.717, 1.165) is 56.6 Å². The first-order chi connectivity index (χ1) is 35.7. The van der Waals surface area contributed by atoms with Crippen LogP contribution in [0.1, 0.15) is 0 Å². The molecule has 0 radical (unpaired) electrons. The summed E-state index contributed by atoms with van der Waals surface area (Å²) in [4.78, 5) is 4.74. The fourth-order valence-corrected chi connectivity index (χ4v) is 11.2. The largest absolute Gasteiger partial charge is 0.310 e. The number of anilines is 6. The Kier molecular flexibility index (Phi) is 9.82. The first-order valence-electron chi connectivity index (χ1n) is 24.7. The van der Waals surface area contributed by atoms with Gasteiger partial charge in [-0.25, -0.2) is 0 Å². The van der Waals surface area contributed by atoms with Crippen molar-refractivity contribution in [2.24, 2.45) is 0 Å². The molecule has 0 spiro atoms. The standard InChI is InChI=1S/C68H46N4/c1-5-19-51(20-6-1)69(57-39-43-65-63(45-57)61-41-33-49-17-13-15-27-59(49)67(61)71(65)53-23-9-3-10-24-53)55-35-29-47(30-36-55)48-31-37-56(38-32-48)70(52-21-7-2-8-22-52)58-40-44-66-64(46-58)62-42-34-50-18-14-16-28-60(50)68(62)72(66)54-25-11-4-12-26-54/h1-46H. The molecule has 0 atom stereocenters. The lowest BCUT2D eigenvalue weighted by molar-refractivity contribution is 1.18. The van der Waals surface area contributed by atoms with E-state index in [1.54, 1.807) is 0 Å². The molecule has 4 heteroatoms. The molecule has 0 saturated heterocycles. The molecule has 14 aromatic rings. The second-order valence-electron chi connectivity index (χ2n) is 18.5. The maximum absolute atomic E-state index is 2.43. The van der Waals surface area contributed by atoms with Gasteiger partial charge in [0, 0.05) is 77.8 Å². The van der Waals surface area contributed by atoms with E-state index in [1.807, 2.05) is 0 Å². The van der Waals surface area contributed by atoms with Crippen molar-refractivity contribution in [2.75, 3.05) is 9.80 Å². The fraction of sp³-hybridized carbons (Fsp3) is 0. The second-order valence-corrected chi connectivity index (χ2v) is 18.5. The lowest BCUT2D eigenvalue weighted by atomic mass is 10.0. The lowest BCUT2D eigenvalue weighted by Crippen LogP contribution is -2.10. The van der Waals surface area contributed by atoms with Crippen LogP contribution in [0, 0.1) is 0 Å². The Hall–Kier alpha value is -9.64. The molecule has 14 rings (SSSR count). The molecular weight excluding hydrogens is 873 g/mol. The average Bonchev–Trinajstić information content (AvgIpc) is 3.98. The van der Waals surface area contributed by atoms with Crippen LogP contribution in [0.5, 0.6) is 0 Å². The Labute approximate surface area is 417 Å². The van der Waals surface area contributed by atoms with Crippen LogP contribution in [-0.4, -0.2) is 9.13 Å². The van der Waals surface area contributed by atoms with Crippen LogP contribution in [-0.2, 0) is 0 Å². The molecule has 0 fully saturated rings. The Morgan fingerprint density at radius 2 is 0.556 bits per heavy atom. The average molecular weight is 919 g/mol. The summed E-state index contributed by atoms with van der Waals surface area (Å²) in [6.45, 7) is 0. The van der Waals surface area contributed by atoms with Gasteiger partial charge in [0.1, 0.15) is 0 Å². The minimum absolute atomic E-state index is 1.09. The van der Waals surface area contributed by atoms with E-state index in [9.17, 15) is 0 Å². The predicted octanol–water partition coefficient (Wildman–Crippen LogP) is 18.8. The fourth-order valence-electron chi connectivity index (χ4n) is 11.2. The van der Waals surface area contributed by atoms with E-state index >= 15 is 0 Å². The molecule has 0 bridgehead atoms. The van der Waals surface area contributed by atoms with Gasteiger partial charge in [0.15, 0.2) is 0 Å². The molecule has 72 heavy (non-hydrogen) atoms. The molecular formula is C68H46N4. The molecule has 0 N–H and O–H groups in total. The van der Waals surface area contributed by atoms with E-state index in [2.05, 4.69) is 298 Å². The van der Waals surface area contributed by atoms with Crippen LogP contribution in [0.4, 0.5) is 34.1 Å². The van der Waals surface area contributed by atoms with Gasteiger partial charge in [-0.3, -0.25) is 0 Å². The van der Waals surface area contributed by atoms with Crippen molar-refractivity contribution in [1.29, 1.82) is 0 Å². The van der Waals surface area contributed by atoms with Crippen LogP contribution < -0.4 is 9.80 Å². The van der Waals surface area contributed by atoms with Crippen molar-refractivity contribution in [3.8, 4) is 22.5 Å². The number of aromatic nitrogens is 2. The van der Waals surface area contributed by atoms with Crippen molar-refractivity contribution in [3.05, 3.63) is 279 Å². The summed E-state index contributed by atoms with van der Waals surface area (Å²) in [6.07, 6.45) is 0. The quantitative estimate of drug-likeness (QED) is 0.143. The SMILES string of the molecule is c1ccc(N(c2ccc(-c3ccc(N(c4ccccc4)c4ccc5c(c4)c4ccc6ccccc6c4n5-c4ccccc4)cc3)cc2)c2ccc3c(c2)c2ccc4ccccc4c2n3-c2ccccc2)cc1. The smallest absolute Gasteiger partial charge is 0.0619 e. The summed E-state index contributed by atoms with van der Waals surface area (Å²) in [5.41, 5.74) is 16.0. The third-order valence-electron chi connectivity index (χ3n) is 14.4. The highest BCUT2D eigenvalue weighted by Crippen LogP contribution is 2.44. The van der Waals surface area contributed by atoms with E-state index in [1.165, 1.54) is 65.2 Å². The highest BCUT2D eigenvalue weighted by molar-refractivity contribution is 6.20. The number of hydrogen-bond acceptors (Lipinski definition) is 2. The van der Waals surface area contributed by atoms with Gasteiger partial charge in [-0.1, -0.05) is 170 Å². The van der Waals surface area contributed by atoms with E-state index in [4.69, 9.17) is 0 Å². The summed E-state index contributed by atoms with van der Waals surface area (Å²) in [7, 11) is 0. The van der Waals surface area contributed by atoms with Gasteiger partial charge in [-0.2, -0.15) is 0 Å². The monoisotopic (exact) mass is 918 g/mol. The zero-order chi connectivity index (χ0) is 47.5. The second kappa shape index (κ2) is 17.1. The van der Waals surface area contributed by atoms with Gasteiger partial charge in [0.25, 0.3) is 0 Å². The minimum Gasteiger partial charge on any atom is -0.310 e. The highest BCUT2D eigenvalue weighted by atomic mass is 15.1. The van der Waals surface area contributed by atoms with Gasteiger partial charge in [0.05, 0.1) is 22.1 Å². The maximum atomic E-state index is 2.43. The van der Waals surface area contributed by atoms with Crippen LogP contribution in [0.2, 0.25) is 0 Å². The summed E-state index contributed by atoms with van der Waals surface area (Å²) in [6, 6.07) is 101. The Balaban J connectivity index is 0.840. The van der Waals surface area contributed by atoms with E-state index in [0.29, 0.717) is 0 Å². The number of fused-ring (bicyclic) bond motifs is 10. The lowest BCUT2D eigenvalue weighted by Gasteiger charge is -2.26. The first-order valence-corrected chi connectivity index (χ1v) is 24.7. The number of rotatable bonds is 9. The molecule has 12 aromatic carbocycles. The Bertz CT molecular complexity index is 4010. The third-order valence-corrected chi connectivity index (χ3v) is 14.4. The molecule has 0 aliphatic carbocycles. The van der Waals surface area contributed by atoms with Crippen LogP contribution in [0.15, 0.2) is 279 Å². The summed E-state index contributed by atoms with van der Waals surface area (Å²) in [5.74, 6) is 0. The van der Waals surface area contributed by atoms with Crippen LogP contribution >= 0.6 is 0 Å². The summed E-state index contributed by atoms with van der Waals surface area (Å²) in [5, 5.41) is 9.84. The van der Waals surface area contributed by atoms with Crippen molar-refractivity contribution in [2.45, 2.75) is 0 Å². The molecule has 0 saturated carbocycles. The zero-order valence-electron chi connectivity index (χ0n) is 39.3. The van der Waals surface area contributed by atoms with Gasteiger partial charge in [0.2, 0.25) is 0 Å². The van der Waals surface area contributed by atoms with E-state index < -0.39 is 0 Å². The first kappa shape index (κ1) is 41.3. The summed E-state index contributed by atoms with van der Waals surface area (Å²) < 4.78 is 4.85. The van der Waals surface area contributed by atoms with Gasteiger partial charge >= 0.3 is 0 Å². The third kappa shape index (κ3) is 6.84. The maximum Gasteiger partial charge on any atom is 0.0619 e. The topological polar surface area (TPSA) is 16.3 Å². The van der Waals surface area contributed by atoms with Gasteiger partial charge in [-0.05, 0) is 131 Å². The molecule has 2 heterocycles. The number of benzene rings is 12. The molecule has 2 aromatic heterocycles. The molecule has 0 aliphatic heterocycles. The highest BCUT2D eigenvalue weighted by Gasteiger charge is 2.21. The van der Waals surface area contributed by atoms with Crippen LogP contribution in [0.25, 0.3) is 87.7 Å². The van der Waals surface area contributed by atoms with Gasteiger partial charge < -0.3 is 18.9 Å². The molecule has 0 aliphatic rings.